The predicted octanol–water partition coefficient (Wildman–Crippen LogP) is 1.22. The third kappa shape index (κ3) is 5.03. The van der Waals surface area contributed by atoms with E-state index in [0.29, 0.717) is 6.54 Å². The zero-order valence-corrected chi connectivity index (χ0v) is 11.7. The molecule has 1 atom stereocenters. The number of rotatable bonds is 8. The molecule has 1 aromatic heterocycles. The van der Waals surface area contributed by atoms with Crippen molar-refractivity contribution in [3.8, 4) is 5.75 Å². The van der Waals surface area contributed by atoms with Gasteiger partial charge in [-0.05, 0) is 30.7 Å². The fourth-order valence-electron chi connectivity index (χ4n) is 1.85. The standard InChI is InChI=1S/C15H21N3O2/c1-13-4-2-5-15(10-13)20-12-14(19)11-16-7-9-18-8-3-6-17-18/h2-6,8,10,14,16,19H,7,9,11-12H2,1H3. The Hall–Kier alpha value is -1.85. The van der Waals surface area contributed by atoms with Crippen LogP contribution < -0.4 is 10.1 Å². The highest BCUT2D eigenvalue weighted by Crippen LogP contribution is 2.12. The highest BCUT2D eigenvalue weighted by atomic mass is 16.5. The van der Waals surface area contributed by atoms with Gasteiger partial charge in [0.15, 0.2) is 0 Å². The fourth-order valence-corrected chi connectivity index (χ4v) is 1.85. The van der Waals surface area contributed by atoms with E-state index in [0.717, 1.165) is 24.4 Å². The summed E-state index contributed by atoms with van der Waals surface area (Å²) < 4.78 is 7.39. The summed E-state index contributed by atoms with van der Waals surface area (Å²) in [7, 11) is 0. The number of benzene rings is 1. The summed E-state index contributed by atoms with van der Waals surface area (Å²) in [6.45, 7) is 4.37. The van der Waals surface area contributed by atoms with Crippen LogP contribution in [0.1, 0.15) is 5.56 Å². The first-order valence-electron chi connectivity index (χ1n) is 6.80. The monoisotopic (exact) mass is 275 g/mol. The van der Waals surface area contributed by atoms with E-state index < -0.39 is 6.10 Å². The lowest BCUT2D eigenvalue weighted by Crippen LogP contribution is -2.33. The molecular formula is C15H21N3O2. The summed E-state index contributed by atoms with van der Waals surface area (Å²) in [5.41, 5.74) is 1.15. The molecule has 0 saturated carbocycles. The van der Waals surface area contributed by atoms with E-state index in [1.165, 1.54) is 0 Å². The van der Waals surface area contributed by atoms with Crippen LogP contribution in [0, 0.1) is 6.92 Å². The molecule has 0 saturated heterocycles. The average Bonchev–Trinajstić information content (AvgIpc) is 2.95. The summed E-state index contributed by atoms with van der Waals surface area (Å²) in [6, 6.07) is 9.70. The second-order valence-corrected chi connectivity index (χ2v) is 4.75. The maximum absolute atomic E-state index is 9.83. The van der Waals surface area contributed by atoms with Crippen molar-refractivity contribution >= 4 is 0 Å². The van der Waals surface area contributed by atoms with Gasteiger partial charge in [-0.1, -0.05) is 12.1 Å². The minimum atomic E-state index is -0.520. The number of aryl methyl sites for hydroxylation is 1. The average molecular weight is 275 g/mol. The highest BCUT2D eigenvalue weighted by molar-refractivity contribution is 5.27. The molecule has 20 heavy (non-hydrogen) atoms. The lowest BCUT2D eigenvalue weighted by atomic mass is 10.2. The number of aliphatic hydroxyl groups excluding tert-OH is 1. The largest absolute Gasteiger partial charge is 0.491 e. The van der Waals surface area contributed by atoms with E-state index in [1.54, 1.807) is 6.20 Å². The van der Waals surface area contributed by atoms with Gasteiger partial charge in [-0.25, -0.2) is 0 Å². The van der Waals surface area contributed by atoms with E-state index >= 15 is 0 Å². The minimum Gasteiger partial charge on any atom is -0.491 e. The maximum atomic E-state index is 9.83. The highest BCUT2D eigenvalue weighted by Gasteiger charge is 2.04. The van der Waals surface area contributed by atoms with E-state index in [9.17, 15) is 5.11 Å². The van der Waals surface area contributed by atoms with Crippen molar-refractivity contribution in [2.24, 2.45) is 0 Å². The van der Waals surface area contributed by atoms with Gasteiger partial charge >= 0.3 is 0 Å². The summed E-state index contributed by atoms with van der Waals surface area (Å²) in [5, 5.41) is 17.1. The Labute approximate surface area is 119 Å². The zero-order chi connectivity index (χ0) is 14.2. The third-order valence-corrected chi connectivity index (χ3v) is 2.89. The lowest BCUT2D eigenvalue weighted by Gasteiger charge is -2.13. The molecule has 1 aromatic carbocycles. The first-order valence-corrected chi connectivity index (χ1v) is 6.80. The normalized spacial score (nSPS) is 12.3. The molecule has 2 aromatic rings. The number of nitrogens with zero attached hydrogens (tertiary/aromatic N) is 2. The van der Waals surface area contributed by atoms with Crippen LogP contribution in [-0.2, 0) is 6.54 Å². The van der Waals surface area contributed by atoms with Gasteiger partial charge in [0.1, 0.15) is 18.5 Å². The van der Waals surface area contributed by atoms with Crippen molar-refractivity contribution in [2.45, 2.75) is 19.6 Å². The Bertz CT molecular complexity index is 500. The molecule has 5 heteroatoms. The summed E-state index contributed by atoms with van der Waals surface area (Å²) in [4.78, 5) is 0. The van der Waals surface area contributed by atoms with Crippen LogP contribution in [-0.4, -0.2) is 40.7 Å². The lowest BCUT2D eigenvalue weighted by molar-refractivity contribution is 0.106. The molecular weight excluding hydrogens is 254 g/mol. The number of aromatic nitrogens is 2. The Balaban J connectivity index is 1.59. The van der Waals surface area contributed by atoms with Crippen LogP contribution >= 0.6 is 0 Å². The Morgan fingerprint density at radius 1 is 1.40 bits per heavy atom. The van der Waals surface area contributed by atoms with Crippen molar-refractivity contribution in [2.75, 3.05) is 19.7 Å². The first kappa shape index (κ1) is 14.6. The molecule has 0 aliphatic carbocycles. The minimum absolute atomic E-state index is 0.290. The molecule has 0 bridgehead atoms. The topological polar surface area (TPSA) is 59.3 Å². The summed E-state index contributed by atoms with van der Waals surface area (Å²) in [6.07, 6.45) is 3.15. The van der Waals surface area contributed by atoms with Crippen LogP contribution in [0.4, 0.5) is 0 Å². The SMILES string of the molecule is Cc1cccc(OCC(O)CNCCn2cccn2)c1. The third-order valence-electron chi connectivity index (χ3n) is 2.89. The van der Waals surface area contributed by atoms with Gasteiger partial charge < -0.3 is 15.2 Å². The Kier molecular flexibility index (Phi) is 5.58. The Morgan fingerprint density at radius 2 is 2.30 bits per heavy atom. The molecule has 2 N–H and O–H groups in total. The molecule has 108 valence electrons. The quantitative estimate of drug-likeness (QED) is 0.711. The van der Waals surface area contributed by atoms with Gasteiger partial charge in [0.2, 0.25) is 0 Å². The zero-order valence-electron chi connectivity index (χ0n) is 11.7. The van der Waals surface area contributed by atoms with Crippen molar-refractivity contribution in [1.29, 1.82) is 0 Å². The first-order chi connectivity index (χ1) is 9.74. The number of aliphatic hydroxyl groups is 1. The molecule has 0 aliphatic rings. The van der Waals surface area contributed by atoms with Crippen molar-refractivity contribution in [3.63, 3.8) is 0 Å². The van der Waals surface area contributed by atoms with E-state index in [-0.39, 0.29) is 6.61 Å². The van der Waals surface area contributed by atoms with E-state index in [2.05, 4.69) is 10.4 Å². The molecule has 0 spiro atoms. The van der Waals surface area contributed by atoms with Crippen LogP contribution in [0.2, 0.25) is 0 Å². The van der Waals surface area contributed by atoms with Crippen LogP contribution in [0.25, 0.3) is 0 Å². The molecule has 0 radical (unpaired) electrons. The van der Waals surface area contributed by atoms with Gasteiger partial charge in [0.05, 0.1) is 6.54 Å². The number of hydrogen-bond acceptors (Lipinski definition) is 4. The van der Waals surface area contributed by atoms with Gasteiger partial charge in [0, 0.05) is 25.5 Å². The molecule has 0 aliphatic heterocycles. The van der Waals surface area contributed by atoms with Gasteiger partial charge in [-0.2, -0.15) is 5.10 Å². The van der Waals surface area contributed by atoms with Crippen molar-refractivity contribution in [3.05, 3.63) is 48.3 Å². The molecule has 5 nitrogen and oxygen atoms in total. The molecule has 2 rings (SSSR count). The Morgan fingerprint density at radius 3 is 3.05 bits per heavy atom. The van der Waals surface area contributed by atoms with E-state index in [1.807, 2.05) is 48.1 Å². The van der Waals surface area contributed by atoms with Crippen molar-refractivity contribution in [1.82, 2.24) is 15.1 Å². The van der Waals surface area contributed by atoms with Crippen LogP contribution in [0.3, 0.4) is 0 Å². The van der Waals surface area contributed by atoms with Gasteiger partial charge in [-0.15, -0.1) is 0 Å². The van der Waals surface area contributed by atoms with Gasteiger partial charge in [-0.3, -0.25) is 4.68 Å². The van der Waals surface area contributed by atoms with Gasteiger partial charge in [0.25, 0.3) is 0 Å². The number of hydrogen-bond donors (Lipinski definition) is 2. The summed E-state index contributed by atoms with van der Waals surface area (Å²) in [5.74, 6) is 0.792. The van der Waals surface area contributed by atoms with Crippen LogP contribution in [0.15, 0.2) is 42.7 Å². The molecule has 0 amide bonds. The second kappa shape index (κ2) is 7.67. The van der Waals surface area contributed by atoms with Crippen LogP contribution in [0.5, 0.6) is 5.75 Å². The number of nitrogens with one attached hydrogen (secondary N) is 1. The van der Waals surface area contributed by atoms with E-state index in [4.69, 9.17) is 4.74 Å². The number of ether oxygens (including phenoxy) is 1. The fraction of sp³-hybridized carbons (Fsp3) is 0.400. The molecule has 0 fully saturated rings. The maximum Gasteiger partial charge on any atom is 0.119 e. The molecule has 1 heterocycles. The predicted molar refractivity (Wildman–Crippen MR) is 77.8 cm³/mol. The summed E-state index contributed by atoms with van der Waals surface area (Å²) >= 11 is 0. The van der Waals surface area contributed by atoms with Crippen molar-refractivity contribution < 1.29 is 9.84 Å². The second-order valence-electron chi connectivity index (χ2n) is 4.75. The smallest absolute Gasteiger partial charge is 0.119 e. The molecule has 1 unspecified atom stereocenters.